The van der Waals surface area contributed by atoms with Gasteiger partial charge < -0.3 is 19.2 Å². The van der Waals surface area contributed by atoms with E-state index in [0.29, 0.717) is 34.3 Å². The van der Waals surface area contributed by atoms with Crippen LogP contribution >= 0.6 is 0 Å². The third-order valence-corrected chi connectivity index (χ3v) is 5.17. The van der Waals surface area contributed by atoms with Crippen molar-refractivity contribution in [2.24, 2.45) is 0 Å². The number of aryl methyl sites for hydroxylation is 1. The van der Waals surface area contributed by atoms with Gasteiger partial charge >= 0.3 is 0 Å². The lowest BCUT2D eigenvalue weighted by atomic mass is 10.1. The van der Waals surface area contributed by atoms with E-state index in [0.717, 1.165) is 11.1 Å². The van der Waals surface area contributed by atoms with Crippen LogP contribution in [0.3, 0.4) is 0 Å². The number of amides is 1. The van der Waals surface area contributed by atoms with Crippen LogP contribution in [0, 0.1) is 6.92 Å². The maximum absolute atomic E-state index is 13.0. The fraction of sp³-hybridized carbons (Fsp3) is 0.154. The molecule has 3 aromatic carbocycles. The van der Waals surface area contributed by atoms with Crippen molar-refractivity contribution in [2.75, 3.05) is 14.2 Å². The first-order valence-corrected chi connectivity index (χ1v) is 10.2. The summed E-state index contributed by atoms with van der Waals surface area (Å²) in [6, 6.07) is 20.8. The molecule has 32 heavy (non-hydrogen) atoms. The molecule has 6 heteroatoms. The third-order valence-electron chi connectivity index (χ3n) is 5.17. The monoisotopic (exact) mass is 428 g/mol. The van der Waals surface area contributed by atoms with Crippen LogP contribution in [0.2, 0.25) is 0 Å². The Bertz CT molecular complexity index is 1230. The quantitative estimate of drug-likeness (QED) is 0.434. The Hall–Kier alpha value is -4.06. The number of carbonyl (C=O) groups excluding carboxylic acids is 1. The molecule has 1 aromatic heterocycles. The summed E-state index contributed by atoms with van der Waals surface area (Å²) in [6.45, 7) is 2.32. The number of hydrogen-bond acceptors (Lipinski definition) is 5. The summed E-state index contributed by atoms with van der Waals surface area (Å²) in [7, 11) is 3.16. The minimum absolute atomic E-state index is 0.236. The van der Waals surface area contributed by atoms with Crippen LogP contribution in [0.15, 0.2) is 77.3 Å². The number of hydrogen-bond donors (Lipinski definition) is 1. The molecule has 1 N–H and O–H groups in total. The van der Waals surface area contributed by atoms with E-state index in [1.54, 1.807) is 26.5 Å². The first kappa shape index (κ1) is 21.2. The lowest BCUT2D eigenvalue weighted by Crippen LogP contribution is -2.23. The van der Waals surface area contributed by atoms with Crippen LogP contribution in [-0.4, -0.2) is 25.1 Å². The number of nitrogens with one attached hydrogen (secondary N) is 1. The van der Waals surface area contributed by atoms with Crippen molar-refractivity contribution in [1.29, 1.82) is 0 Å². The van der Waals surface area contributed by atoms with Crippen molar-refractivity contribution in [3.05, 3.63) is 89.6 Å². The average molecular weight is 428 g/mol. The van der Waals surface area contributed by atoms with E-state index in [1.165, 1.54) is 5.56 Å². The molecule has 0 aliphatic rings. The molecule has 0 fully saturated rings. The smallest absolute Gasteiger partial charge is 0.252 e. The van der Waals surface area contributed by atoms with E-state index in [1.807, 2.05) is 67.6 Å². The summed E-state index contributed by atoms with van der Waals surface area (Å²) in [6.07, 6.45) is 1.68. The Morgan fingerprint density at radius 1 is 0.969 bits per heavy atom. The highest BCUT2D eigenvalue weighted by Crippen LogP contribution is 2.31. The normalized spacial score (nSPS) is 10.6. The van der Waals surface area contributed by atoms with Gasteiger partial charge in [0.05, 0.1) is 26.0 Å². The highest BCUT2D eigenvalue weighted by Gasteiger charge is 2.18. The number of rotatable bonds is 7. The Morgan fingerprint density at radius 2 is 1.75 bits per heavy atom. The summed E-state index contributed by atoms with van der Waals surface area (Å²) >= 11 is 0. The van der Waals surface area contributed by atoms with Crippen LogP contribution in [0.4, 0.5) is 0 Å². The van der Waals surface area contributed by atoms with Crippen molar-refractivity contribution in [3.63, 3.8) is 0 Å². The van der Waals surface area contributed by atoms with Gasteiger partial charge in [-0.05, 0) is 25.1 Å². The molecule has 0 saturated heterocycles. The Labute approximate surface area is 186 Å². The Morgan fingerprint density at radius 3 is 2.50 bits per heavy atom. The molecule has 4 rings (SSSR count). The largest absolute Gasteiger partial charge is 0.493 e. The molecule has 0 aliphatic heterocycles. The molecule has 162 valence electrons. The number of carbonyl (C=O) groups is 1. The maximum atomic E-state index is 13.0. The van der Waals surface area contributed by atoms with E-state index in [-0.39, 0.29) is 12.5 Å². The summed E-state index contributed by atoms with van der Waals surface area (Å²) in [5.74, 6) is 2.02. The topological polar surface area (TPSA) is 73.6 Å². The van der Waals surface area contributed by atoms with E-state index in [2.05, 4.69) is 10.3 Å². The van der Waals surface area contributed by atoms with Gasteiger partial charge in [-0.15, -0.1) is 0 Å². The molecular weight excluding hydrogens is 404 g/mol. The van der Waals surface area contributed by atoms with Crippen LogP contribution in [0.25, 0.3) is 22.8 Å². The predicted octanol–water partition coefficient (Wildman–Crippen LogP) is 5.26. The van der Waals surface area contributed by atoms with Crippen molar-refractivity contribution in [3.8, 4) is 34.3 Å². The van der Waals surface area contributed by atoms with Gasteiger partial charge in [0, 0.05) is 23.2 Å². The SMILES string of the molecule is COc1cccc(CNC(=O)c2ccccc2-c2ncc(-c3ccc(C)cc3)o2)c1OC. The van der Waals surface area contributed by atoms with Gasteiger partial charge in [-0.1, -0.05) is 54.1 Å². The van der Waals surface area contributed by atoms with E-state index in [4.69, 9.17) is 13.9 Å². The number of nitrogens with zero attached hydrogens (tertiary/aromatic N) is 1. The molecule has 6 nitrogen and oxygen atoms in total. The zero-order valence-electron chi connectivity index (χ0n) is 18.2. The van der Waals surface area contributed by atoms with E-state index >= 15 is 0 Å². The molecular formula is C26H24N2O4. The van der Waals surface area contributed by atoms with E-state index < -0.39 is 0 Å². The average Bonchev–Trinajstić information content (AvgIpc) is 3.32. The van der Waals surface area contributed by atoms with Crippen molar-refractivity contribution in [2.45, 2.75) is 13.5 Å². The van der Waals surface area contributed by atoms with Crippen LogP contribution in [0.1, 0.15) is 21.5 Å². The van der Waals surface area contributed by atoms with Crippen LogP contribution in [-0.2, 0) is 6.54 Å². The second-order valence-corrected chi connectivity index (χ2v) is 7.28. The number of methoxy groups -OCH3 is 2. The summed E-state index contributed by atoms with van der Waals surface area (Å²) in [5, 5.41) is 2.95. The fourth-order valence-electron chi connectivity index (χ4n) is 3.48. The molecule has 1 heterocycles. The summed E-state index contributed by atoms with van der Waals surface area (Å²) in [4.78, 5) is 17.4. The second-order valence-electron chi connectivity index (χ2n) is 7.28. The second kappa shape index (κ2) is 9.39. The van der Waals surface area contributed by atoms with Gasteiger partial charge in [0.1, 0.15) is 0 Å². The van der Waals surface area contributed by atoms with Crippen molar-refractivity contribution >= 4 is 5.91 Å². The van der Waals surface area contributed by atoms with Gasteiger partial charge in [0.15, 0.2) is 17.3 Å². The molecule has 0 atom stereocenters. The minimum Gasteiger partial charge on any atom is -0.493 e. The number of aromatic nitrogens is 1. The van der Waals surface area contributed by atoms with Gasteiger partial charge in [0.25, 0.3) is 5.91 Å². The molecule has 0 aliphatic carbocycles. The number of oxazole rings is 1. The Balaban J connectivity index is 1.57. The molecule has 1 amide bonds. The highest BCUT2D eigenvalue weighted by molar-refractivity contribution is 6.00. The van der Waals surface area contributed by atoms with Crippen molar-refractivity contribution in [1.82, 2.24) is 10.3 Å². The number of benzene rings is 3. The number of para-hydroxylation sites is 1. The zero-order chi connectivity index (χ0) is 22.5. The van der Waals surface area contributed by atoms with Crippen LogP contribution < -0.4 is 14.8 Å². The van der Waals surface area contributed by atoms with Crippen molar-refractivity contribution < 1.29 is 18.7 Å². The molecule has 0 bridgehead atoms. The highest BCUT2D eigenvalue weighted by atomic mass is 16.5. The third kappa shape index (κ3) is 4.34. The van der Waals surface area contributed by atoms with Gasteiger partial charge in [0.2, 0.25) is 5.89 Å². The minimum atomic E-state index is -0.236. The van der Waals surface area contributed by atoms with Gasteiger partial charge in [-0.2, -0.15) is 0 Å². The van der Waals surface area contributed by atoms with Crippen LogP contribution in [0.5, 0.6) is 11.5 Å². The molecule has 0 unspecified atom stereocenters. The first-order chi connectivity index (χ1) is 15.6. The zero-order valence-corrected chi connectivity index (χ0v) is 18.2. The van der Waals surface area contributed by atoms with Gasteiger partial charge in [-0.25, -0.2) is 4.98 Å². The molecule has 4 aromatic rings. The molecule has 0 spiro atoms. The fourth-order valence-corrected chi connectivity index (χ4v) is 3.48. The Kier molecular flexibility index (Phi) is 6.22. The summed E-state index contributed by atoms with van der Waals surface area (Å²) < 4.78 is 16.8. The standard InChI is InChI=1S/C26H24N2O4/c1-17-11-13-18(14-12-17)23-16-28-26(32-23)21-9-5-4-8-20(21)25(29)27-15-19-7-6-10-22(30-2)24(19)31-3/h4-14,16H,15H2,1-3H3,(H,27,29). The first-order valence-electron chi connectivity index (χ1n) is 10.2. The predicted molar refractivity (Wildman–Crippen MR) is 123 cm³/mol. The lowest BCUT2D eigenvalue weighted by molar-refractivity contribution is 0.0951. The molecule has 0 radical (unpaired) electrons. The van der Waals surface area contributed by atoms with E-state index in [9.17, 15) is 4.79 Å². The number of ether oxygens (including phenoxy) is 2. The lowest BCUT2D eigenvalue weighted by Gasteiger charge is -2.13. The summed E-state index contributed by atoms with van der Waals surface area (Å²) in [5.41, 5.74) is 4.02. The van der Waals surface area contributed by atoms with Gasteiger partial charge in [-0.3, -0.25) is 4.79 Å². The molecule has 0 saturated carbocycles. The maximum Gasteiger partial charge on any atom is 0.252 e.